The molecule has 0 unspecified atom stereocenters. The van der Waals surface area contributed by atoms with E-state index in [1.165, 1.54) is 7.11 Å². The number of esters is 1. The first kappa shape index (κ1) is 32.3. The zero-order valence-corrected chi connectivity index (χ0v) is 28.6. The summed E-state index contributed by atoms with van der Waals surface area (Å²) >= 11 is 0. The van der Waals surface area contributed by atoms with Crippen molar-refractivity contribution in [3.63, 3.8) is 0 Å². The first-order valence-corrected chi connectivity index (χ1v) is 16.9. The molecule has 0 saturated heterocycles. The highest BCUT2D eigenvalue weighted by Crippen LogP contribution is 2.43. The number of ether oxygens (including phenoxy) is 2. The molecule has 2 heterocycles. The molecular weight excluding hydrogens is 649 g/mol. The topological polar surface area (TPSA) is 97.0 Å². The predicted octanol–water partition coefficient (Wildman–Crippen LogP) is 8.04. The second kappa shape index (κ2) is 13.8. The van der Waals surface area contributed by atoms with Gasteiger partial charge in [-0.3, -0.25) is 4.57 Å². The van der Waals surface area contributed by atoms with Gasteiger partial charge in [-0.1, -0.05) is 146 Å². The van der Waals surface area contributed by atoms with E-state index in [1.54, 1.807) is 19.2 Å². The van der Waals surface area contributed by atoms with Gasteiger partial charge in [-0.25, -0.2) is 9.48 Å². The standard InChI is InChI=1S/C43H34N6O3/c1-51-41(50)37-23-14-24-38-39(37)48(42(44-38)52-2)29-30-25-27-31(28-26-30)35-21-12-13-22-36(35)40-45-46-47-49(40)43(32-15-6-3-7-16-32,33-17-8-4-9-18-33)34-19-10-5-11-20-34/h3-28H,29H2,1-2H3. The van der Waals surface area contributed by atoms with E-state index >= 15 is 0 Å². The van der Waals surface area contributed by atoms with E-state index < -0.39 is 11.5 Å². The van der Waals surface area contributed by atoms with Gasteiger partial charge in [-0.05, 0) is 55.9 Å². The Hall–Kier alpha value is -6.87. The quantitative estimate of drug-likeness (QED) is 0.106. The Labute approximate surface area is 300 Å². The van der Waals surface area contributed by atoms with Gasteiger partial charge in [0, 0.05) is 5.56 Å². The molecule has 2 aromatic heterocycles. The number of nitrogens with zero attached hydrogens (tertiary/aromatic N) is 6. The summed E-state index contributed by atoms with van der Waals surface area (Å²) in [6.45, 7) is 0.432. The average Bonchev–Trinajstić information content (AvgIpc) is 3.85. The summed E-state index contributed by atoms with van der Waals surface area (Å²) in [5, 5.41) is 13.8. The minimum Gasteiger partial charge on any atom is -0.468 e. The fourth-order valence-electron chi connectivity index (χ4n) is 7.13. The van der Waals surface area contributed by atoms with Gasteiger partial charge in [0.05, 0.1) is 37.4 Å². The van der Waals surface area contributed by atoms with Crippen LogP contribution in [0, 0.1) is 0 Å². The van der Waals surface area contributed by atoms with E-state index in [0.29, 0.717) is 35.0 Å². The van der Waals surface area contributed by atoms with Gasteiger partial charge in [0.25, 0.3) is 6.01 Å². The lowest BCUT2D eigenvalue weighted by Crippen LogP contribution is -2.39. The molecule has 0 aliphatic heterocycles. The van der Waals surface area contributed by atoms with Crippen LogP contribution in [0.1, 0.15) is 32.6 Å². The van der Waals surface area contributed by atoms with E-state index in [0.717, 1.165) is 38.9 Å². The van der Waals surface area contributed by atoms with Crippen LogP contribution in [-0.2, 0) is 16.8 Å². The number of tetrazole rings is 1. The first-order valence-electron chi connectivity index (χ1n) is 16.9. The molecule has 6 aromatic carbocycles. The summed E-state index contributed by atoms with van der Waals surface area (Å²) < 4.78 is 14.6. The lowest BCUT2D eigenvalue weighted by molar-refractivity contribution is 0.0602. The molecule has 0 amide bonds. The molecule has 9 nitrogen and oxygen atoms in total. The molecule has 9 heteroatoms. The summed E-state index contributed by atoms with van der Waals surface area (Å²) in [5.74, 6) is 0.195. The van der Waals surface area contributed by atoms with Crippen molar-refractivity contribution >= 4 is 17.0 Å². The van der Waals surface area contributed by atoms with E-state index in [9.17, 15) is 4.79 Å². The number of aromatic nitrogens is 6. The Morgan fingerprint density at radius 1 is 0.654 bits per heavy atom. The van der Waals surface area contributed by atoms with Crippen molar-refractivity contribution in [1.29, 1.82) is 0 Å². The van der Waals surface area contributed by atoms with Crippen LogP contribution in [0.2, 0.25) is 0 Å². The molecule has 0 aliphatic carbocycles. The zero-order valence-electron chi connectivity index (χ0n) is 28.6. The molecule has 0 fully saturated rings. The van der Waals surface area contributed by atoms with Gasteiger partial charge < -0.3 is 9.47 Å². The molecule has 0 radical (unpaired) electrons. The minimum absolute atomic E-state index is 0.409. The molecule has 0 N–H and O–H groups in total. The van der Waals surface area contributed by atoms with Crippen LogP contribution in [0.5, 0.6) is 6.01 Å². The summed E-state index contributed by atoms with van der Waals surface area (Å²) in [6, 6.07) is 53.4. The number of methoxy groups -OCH3 is 2. The highest BCUT2D eigenvalue weighted by Gasteiger charge is 2.42. The van der Waals surface area contributed by atoms with Crippen LogP contribution < -0.4 is 4.74 Å². The van der Waals surface area contributed by atoms with Gasteiger partial charge >= 0.3 is 5.97 Å². The monoisotopic (exact) mass is 682 g/mol. The summed E-state index contributed by atoms with van der Waals surface area (Å²) in [4.78, 5) is 17.3. The Morgan fingerprint density at radius 3 is 1.81 bits per heavy atom. The van der Waals surface area contributed by atoms with Gasteiger partial charge in [-0.15, -0.1) is 5.10 Å². The minimum atomic E-state index is -0.880. The molecule has 0 atom stereocenters. The van der Waals surface area contributed by atoms with Crippen LogP contribution in [-0.4, -0.2) is 49.9 Å². The number of benzene rings is 6. The first-order chi connectivity index (χ1) is 25.6. The highest BCUT2D eigenvalue weighted by atomic mass is 16.5. The Morgan fingerprint density at radius 2 is 1.23 bits per heavy atom. The number of rotatable bonds is 10. The summed E-state index contributed by atoms with van der Waals surface area (Å²) in [5.41, 5.74) is 7.81. The van der Waals surface area contributed by atoms with Crippen molar-refractivity contribution in [3.8, 4) is 28.5 Å². The van der Waals surface area contributed by atoms with Crippen LogP contribution in [0.25, 0.3) is 33.5 Å². The van der Waals surface area contributed by atoms with Crippen molar-refractivity contribution in [2.45, 2.75) is 12.1 Å². The van der Waals surface area contributed by atoms with Gasteiger partial charge in [0.15, 0.2) is 5.82 Å². The molecule has 0 spiro atoms. The molecule has 0 saturated carbocycles. The lowest BCUT2D eigenvalue weighted by Gasteiger charge is -2.36. The number of fused-ring (bicyclic) bond motifs is 1. The predicted molar refractivity (Wildman–Crippen MR) is 200 cm³/mol. The van der Waals surface area contributed by atoms with Crippen molar-refractivity contribution in [2.75, 3.05) is 14.2 Å². The normalized spacial score (nSPS) is 11.4. The van der Waals surface area contributed by atoms with Crippen LogP contribution in [0.3, 0.4) is 0 Å². The maximum atomic E-state index is 12.7. The maximum Gasteiger partial charge on any atom is 0.340 e. The molecule has 0 aliphatic rings. The van der Waals surface area contributed by atoms with Crippen LogP contribution >= 0.6 is 0 Å². The van der Waals surface area contributed by atoms with E-state index in [-0.39, 0.29) is 0 Å². The second-order valence-electron chi connectivity index (χ2n) is 12.3. The highest BCUT2D eigenvalue weighted by molar-refractivity contribution is 6.02. The molecule has 52 heavy (non-hydrogen) atoms. The van der Waals surface area contributed by atoms with E-state index in [4.69, 9.17) is 19.8 Å². The lowest BCUT2D eigenvalue weighted by atomic mass is 9.77. The smallest absolute Gasteiger partial charge is 0.340 e. The van der Waals surface area contributed by atoms with Crippen LogP contribution in [0.4, 0.5) is 0 Å². The number of carbonyl (C=O) groups excluding carboxylic acids is 1. The Kier molecular flexibility index (Phi) is 8.58. The SMILES string of the molecule is COC(=O)c1cccc2nc(OC)n(Cc3ccc(-c4ccccc4-c4nnnn4C(c4ccccc4)(c4ccccc4)c4ccccc4)cc3)c12. The number of carbonyl (C=O) groups is 1. The largest absolute Gasteiger partial charge is 0.468 e. The number of para-hydroxylation sites is 1. The van der Waals surface area contributed by atoms with Crippen molar-refractivity contribution in [3.05, 3.63) is 186 Å². The molecule has 8 aromatic rings. The van der Waals surface area contributed by atoms with Crippen LogP contribution in [0.15, 0.2) is 158 Å². The van der Waals surface area contributed by atoms with Crippen molar-refractivity contribution in [2.24, 2.45) is 0 Å². The zero-order chi connectivity index (χ0) is 35.5. The Bertz CT molecular complexity index is 2380. The Balaban J connectivity index is 1.24. The second-order valence-corrected chi connectivity index (χ2v) is 12.3. The average molecular weight is 683 g/mol. The van der Waals surface area contributed by atoms with Gasteiger partial charge in [-0.2, -0.15) is 4.98 Å². The van der Waals surface area contributed by atoms with Crippen molar-refractivity contribution in [1.82, 2.24) is 29.8 Å². The number of imidazole rings is 1. The van der Waals surface area contributed by atoms with E-state index in [1.807, 2.05) is 82.0 Å². The fraction of sp³-hybridized carbons (Fsp3) is 0.0930. The summed E-state index contributed by atoms with van der Waals surface area (Å²) in [6.07, 6.45) is 0. The van der Waals surface area contributed by atoms with Gasteiger partial charge in [0.2, 0.25) is 0 Å². The number of hydrogen-bond acceptors (Lipinski definition) is 7. The maximum absolute atomic E-state index is 12.7. The fourth-order valence-corrected chi connectivity index (χ4v) is 7.13. The molecule has 0 bridgehead atoms. The molecule has 8 rings (SSSR count). The number of hydrogen-bond donors (Lipinski definition) is 0. The third kappa shape index (κ3) is 5.49. The third-order valence-corrected chi connectivity index (χ3v) is 9.46. The van der Waals surface area contributed by atoms with Gasteiger partial charge in [0.1, 0.15) is 5.54 Å². The van der Waals surface area contributed by atoms with E-state index in [2.05, 4.69) is 83.0 Å². The summed E-state index contributed by atoms with van der Waals surface area (Å²) in [7, 11) is 2.95. The van der Waals surface area contributed by atoms with Crippen molar-refractivity contribution < 1.29 is 14.3 Å². The molecule has 254 valence electrons. The molecular formula is C43H34N6O3. The third-order valence-electron chi connectivity index (χ3n) is 9.46.